The molecular formula is C13H16ClNO3. The van der Waals surface area contributed by atoms with Gasteiger partial charge in [0.25, 0.3) is 5.91 Å². The Bertz CT molecular complexity index is 473. The van der Waals surface area contributed by atoms with Gasteiger partial charge in [-0.25, -0.2) is 0 Å². The second-order valence-corrected chi connectivity index (χ2v) is 4.78. The molecule has 0 bridgehead atoms. The summed E-state index contributed by atoms with van der Waals surface area (Å²) < 4.78 is 0. The summed E-state index contributed by atoms with van der Waals surface area (Å²) >= 11 is 5.84. The fourth-order valence-electron chi connectivity index (χ4n) is 1.46. The number of amides is 1. The summed E-state index contributed by atoms with van der Waals surface area (Å²) in [6, 6.07) is 4.58. The van der Waals surface area contributed by atoms with Gasteiger partial charge in [-0.2, -0.15) is 0 Å². The van der Waals surface area contributed by atoms with E-state index in [-0.39, 0.29) is 5.91 Å². The van der Waals surface area contributed by atoms with E-state index < -0.39 is 17.9 Å². The SMILES string of the molecule is Cc1ccc(Cl)cc1C(=O)NC(C)C(C)C(=O)O. The van der Waals surface area contributed by atoms with E-state index in [1.807, 2.05) is 0 Å². The first-order chi connectivity index (χ1) is 8.32. The quantitative estimate of drug-likeness (QED) is 0.882. The van der Waals surface area contributed by atoms with Crippen LogP contribution in [0.15, 0.2) is 18.2 Å². The molecule has 0 saturated carbocycles. The molecule has 0 aliphatic rings. The van der Waals surface area contributed by atoms with Gasteiger partial charge in [0.15, 0.2) is 0 Å². The highest BCUT2D eigenvalue weighted by molar-refractivity contribution is 6.31. The van der Waals surface area contributed by atoms with Gasteiger partial charge in [0.1, 0.15) is 0 Å². The first kappa shape index (κ1) is 14.5. The van der Waals surface area contributed by atoms with Crippen LogP contribution >= 0.6 is 11.6 Å². The molecule has 18 heavy (non-hydrogen) atoms. The van der Waals surface area contributed by atoms with Crippen molar-refractivity contribution in [3.8, 4) is 0 Å². The minimum Gasteiger partial charge on any atom is -0.481 e. The van der Waals surface area contributed by atoms with Gasteiger partial charge in [0, 0.05) is 16.6 Å². The molecule has 0 aliphatic carbocycles. The van der Waals surface area contributed by atoms with Gasteiger partial charge < -0.3 is 10.4 Å². The van der Waals surface area contributed by atoms with Crippen molar-refractivity contribution in [1.29, 1.82) is 0 Å². The second kappa shape index (κ2) is 5.87. The number of nitrogens with one attached hydrogen (secondary N) is 1. The molecule has 0 radical (unpaired) electrons. The smallest absolute Gasteiger partial charge is 0.308 e. The third kappa shape index (κ3) is 3.47. The molecule has 0 spiro atoms. The zero-order valence-electron chi connectivity index (χ0n) is 10.5. The number of hydrogen-bond donors (Lipinski definition) is 2. The lowest BCUT2D eigenvalue weighted by Crippen LogP contribution is -2.40. The average Bonchev–Trinajstić information content (AvgIpc) is 2.30. The summed E-state index contributed by atoms with van der Waals surface area (Å²) in [4.78, 5) is 22.8. The number of carbonyl (C=O) groups is 2. The van der Waals surface area contributed by atoms with E-state index in [1.165, 1.54) is 0 Å². The molecule has 2 atom stereocenters. The number of benzene rings is 1. The van der Waals surface area contributed by atoms with Gasteiger partial charge >= 0.3 is 5.97 Å². The van der Waals surface area contributed by atoms with Crippen LogP contribution in [0.5, 0.6) is 0 Å². The molecule has 1 aromatic carbocycles. The van der Waals surface area contributed by atoms with Crippen LogP contribution < -0.4 is 5.32 Å². The molecule has 0 aromatic heterocycles. The van der Waals surface area contributed by atoms with Crippen molar-refractivity contribution in [3.05, 3.63) is 34.3 Å². The molecule has 1 rings (SSSR count). The molecule has 98 valence electrons. The van der Waals surface area contributed by atoms with E-state index in [4.69, 9.17) is 16.7 Å². The highest BCUT2D eigenvalue weighted by Crippen LogP contribution is 2.16. The fourth-order valence-corrected chi connectivity index (χ4v) is 1.63. The summed E-state index contributed by atoms with van der Waals surface area (Å²) in [6.07, 6.45) is 0. The predicted molar refractivity (Wildman–Crippen MR) is 69.9 cm³/mol. The van der Waals surface area contributed by atoms with Crippen LogP contribution in [-0.2, 0) is 4.79 Å². The van der Waals surface area contributed by atoms with Crippen LogP contribution in [0.2, 0.25) is 5.02 Å². The van der Waals surface area contributed by atoms with Crippen molar-refractivity contribution < 1.29 is 14.7 Å². The highest BCUT2D eigenvalue weighted by atomic mass is 35.5. The molecule has 1 aromatic rings. The minimum absolute atomic E-state index is 0.310. The zero-order valence-corrected chi connectivity index (χ0v) is 11.3. The molecule has 0 aliphatic heterocycles. The van der Waals surface area contributed by atoms with Crippen LogP contribution in [0, 0.1) is 12.8 Å². The number of carbonyl (C=O) groups excluding carboxylic acids is 1. The monoisotopic (exact) mass is 269 g/mol. The van der Waals surface area contributed by atoms with E-state index >= 15 is 0 Å². The van der Waals surface area contributed by atoms with E-state index in [9.17, 15) is 9.59 Å². The lowest BCUT2D eigenvalue weighted by molar-refractivity contribution is -0.141. The molecule has 2 N–H and O–H groups in total. The summed E-state index contributed by atoms with van der Waals surface area (Å²) in [5, 5.41) is 12.0. The fraction of sp³-hybridized carbons (Fsp3) is 0.385. The number of rotatable bonds is 4. The number of aliphatic carboxylic acids is 1. The molecule has 5 heteroatoms. The lowest BCUT2D eigenvalue weighted by Gasteiger charge is -2.18. The maximum atomic E-state index is 12.0. The highest BCUT2D eigenvalue weighted by Gasteiger charge is 2.22. The van der Waals surface area contributed by atoms with Crippen molar-refractivity contribution in [2.45, 2.75) is 26.8 Å². The molecule has 0 saturated heterocycles. The number of halogens is 1. The van der Waals surface area contributed by atoms with Gasteiger partial charge in [0.2, 0.25) is 0 Å². The first-order valence-corrected chi connectivity index (χ1v) is 6.00. The number of carboxylic acids is 1. The Hall–Kier alpha value is -1.55. The summed E-state index contributed by atoms with van der Waals surface area (Å²) in [5.74, 6) is -1.89. The number of aryl methyl sites for hydroxylation is 1. The molecular weight excluding hydrogens is 254 g/mol. The molecule has 0 fully saturated rings. The second-order valence-electron chi connectivity index (χ2n) is 4.35. The maximum Gasteiger partial charge on any atom is 0.308 e. The Morgan fingerprint density at radius 2 is 1.94 bits per heavy atom. The molecule has 2 unspecified atom stereocenters. The van der Waals surface area contributed by atoms with Gasteiger partial charge in [-0.3, -0.25) is 9.59 Å². The Balaban J connectivity index is 2.82. The zero-order chi connectivity index (χ0) is 13.9. The van der Waals surface area contributed by atoms with E-state index in [2.05, 4.69) is 5.32 Å². The minimum atomic E-state index is -0.939. The van der Waals surface area contributed by atoms with E-state index in [1.54, 1.807) is 39.0 Å². The number of carboxylic acid groups (broad SMARTS) is 1. The van der Waals surface area contributed by atoms with Gasteiger partial charge in [0.05, 0.1) is 5.92 Å². The molecule has 0 heterocycles. The first-order valence-electron chi connectivity index (χ1n) is 5.62. The topological polar surface area (TPSA) is 66.4 Å². The summed E-state index contributed by atoms with van der Waals surface area (Å²) in [7, 11) is 0. The average molecular weight is 270 g/mol. The van der Waals surface area contributed by atoms with Crippen LogP contribution in [0.4, 0.5) is 0 Å². The third-order valence-corrected chi connectivity index (χ3v) is 3.18. The van der Waals surface area contributed by atoms with Crippen LogP contribution in [0.25, 0.3) is 0 Å². The Morgan fingerprint density at radius 3 is 2.50 bits per heavy atom. The Kier molecular flexibility index (Phi) is 4.73. The van der Waals surface area contributed by atoms with Crippen molar-refractivity contribution in [2.24, 2.45) is 5.92 Å². The molecule has 4 nitrogen and oxygen atoms in total. The Morgan fingerprint density at radius 1 is 1.33 bits per heavy atom. The standard InChI is InChI=1S/C13H16ClNO3/c1-7-4-5-10(14)6-11(7)12(16)15-9(3)8(2)13(17)18/h4-6,8-9H,1-3H3,(H,15,16)(H,17,18). The van der Waals surface area contributed by atoms with E-state index in [0.29, 0.717) is 10.6 Å². The van der Waals surface area contributed by atoms with Crippen LogP contribution in [0.1, 0.15) is 29.8 Å². The van der Waals surface area contributed by atoms with Crippen LogP contribution in [0.3, 0.4) is 0 Å². The number of hydrogen-bond acceptors (Lipinski definition) is 2. The van der Waals surface area contributed by atoms with Gasteiger partial charge in [-0.05, 0) is 38.5 Å². The van der Waals surface area contributed by atoms with Crippen molar-refractivity contribution in [2.75, 3.05) is 0 Å². The van der Waals surface area contributed by atoms with Crippen molar-refractivity contribution in [3.63, 3.8) is 0 Å². The van der Waals surface area contributed by atoms with Crippen molar-refractivity contribution in [1.82, 2.24) is 5.32 Å². The Labute approximate surface area is 111 Å². The maximum absolute atomic E-state index is 12.0. The van der Waals surface area contributed by atoms with Crippen molar-refractivity contribution >= 4 is 23.5 Å². The predicted octanol–water partition coefficient (Wildman–Crippen LogP) is 2.49. The summed E-state index contributed by atoms with van der Waals surface area (Å²) in [6.45, 7) is 5.02. The summed E-state index contributed by atoms with van der Waals surface area (Å²) in [5.41, 5.74) is 1.26. The van der Waals surface area contributed by atoms with E-state index in [0.717, 1.165) is 5.56 Å². The van der Waals surface area contributed by atoms with Gasteiger partial charge in [-0.15, -0.1) is 0 Å². The third-order valence-electron chi connectivity index (χ3n) is 2.94. The largest absolute Gasteiger partial charge is 0.481 e. The van der Waals surface area contributed by atoms with Crippen LogP contribution in [-0.4, -0.2) is 23.0 Å². The lowest BCUT2D eigenvalue weighted by atomic mass is 10.0. The van der Waals surface area contributed by atoms with Gasteiger partial charge in [-0.1, -0.05) is 17.7 Å². The molecule has 1 amide bonds. The normalized spacial score (nSPS) is 13.8.